The lowest BCUT2D eigenvalue weighted by Crippen LogP contribution is -2.50. The van der Waals surface area contributed by atoms with E-state index in [-0.39, 0.29) is 15.8 Å². The number of halogens is 3. The van der Waals surface area contributed by atoms with Crippen molar-refractivity contribution in [2.45, 2.75) is 38.3 Å². The summed E-state index contributed by atoms with van der Waals surface area (Å²) in [5.74, 6) is -3.01. The Morgan fingerprint density at radius 2 is 1.94 bits per heavy atom. The highest BCUT2D eigenvalue weighted by molar-refractivity contribution is 9.10. The van der Waals surface area contributed by atoms with Crippen molar-refractivity contribution in [1.29, 1.82) is 0 Å². The number of fused-ring (bicyclic) bond motifs is 1. The lowest BCUT2D eigenvalue weighted by Gasteiger charge is -2.43. The summed E-state index contributed by atoms with van der Waals surface area (Å²) in [5, 5.41) is 0.901. The molecule has 4 nitrogen and oxygen atoms in total. The maximum atomic E-state index is 15.1. The highest BCUT2D eigenvalue weighted by atomic mass is 79.9. The van der Waals surface area contributed by atoms with E-state index < -0.39 is 25.1 Å². The molecule has 0 amide bonds. The third-order valence-corrected chi connectivity index (χ3v) is 7.39. The van der Waals surface area contributed by atoms with Crippen LogP contribution < -0.4 is 10.9 Å². The van der Waals surface area contributed by atoms with E-state index in [1.165, 1.54) is 0 Å². The zero-order valence-electron chi connectivity index (χ0n) is 18.6. The van der Waals surface area contributed by atoms with Gasteiger partial charge in [-0.1, -0.05) is 36.4 Å². The van der Waals surface area contributed by atoms with Gasteiger partial charge < -0.3 is 10.2 Å². The van der Waals surface area contributed by atoms with Crippen LogP contribution in [0, 0.1) is 6.92 Å². The fourth-order valence-electron chi connectivity index (χ4n) is 4.34. The number of nitrogen functional groups attached to an aromatic ring is 1. The van der Waals surface area contributed by atoms with Gasteiger partial charge in [-0.3, -0.25) is 9.88 Å². The van der Waals surface area contributed by atoms with Crippen molar-refractivity contribution in [3.8, 4) is 0 Å². The summed E-state index contributed by atoms with van der Waals surface area (Å²) < 4.78 is 36.6. The minimum atomic E-state index is -3.01. The van der Waals surface area contributed by atoms with Gasteiger partial charge in [-0.25, -0.2) is 8.78 Å². The Labute approximate surface area is 204 Å². The van der Waals surface area contributed by atoms with Crippen molar-refractivity contribution >= 4 is 36.6 Å². The first kappa shape index (κ1) is 24.0. The smallest absolute Gasteiger partial charge is 0.282 e. The molecule has 0 unspecified atom stereocenters. The van der Waals surface area contributed by atoms with Crippen LogP contribution in [0.4, 0.5) is 14.5 Å². The second-order valence-corrected chi connectivity index (χ2v) is 10.5. The van der Waals surface area contributed by atoms with Crippen molar-refractivity contribution in [3.63, 3.8) is 0 Å². The monoisotopic (exact) mass is 529 g/mol. The Balaban J connectivity index is 1.60. The number of aromatic nitrogens is 1. The lowest BCUT2D eigenvalue weighted by atomic mass is 9.83. The van der Waals surface area contributed by atoms with Crippen LogP contribution in [-0.4, -0.2) is 44.8 Å². The van der Waals surface area contributed by atoms with Gasteiger partial charge in [0, 0.05) is 22.4 Å². The Morgan fingerprint density at radius 3 is 2.64 bits per heavy atom. The van der Waals surface area contributed by atoms with Gasteiger partial charge >= 0.3 is 0 Å². The zero-order chi connectivity index (χ0) is 23.6. The highest BCUT2D eigenvalue weighted by Crippen LogP contribution is 2.41. The summed E-state index contributed by atoms with van der Waals surface area (Å²) in [5.41, 5.74) is 10.7. The number of anilines is 1. The SMILES string of the molecule is Cc1c(N)ccc2c1C[C@@H](C)N(CC(F)(F)CO[Si]c1ccccc1)[C@@H]2c1ccc(Br)cn1. The van der Waals surface area contributed by atoms with Gasteiger partial charge in [-0.15, -0.1) is 0 Å². The fourth-order valence-corrected chi connectivity index (χ4v) is 5.35. The third-order valence-electron chi connectivity index (χ3n) is 6.06. The van der Waals surface area contributed by atoms with Crippen LogP contribution in [0.25, 0.3) is 0 Å². The molecule has 4 rings (SSSR count). The van der Waals surface area contributed by atoms with Crippen molar-refractivity contribution in [2.75, 3.05) is 18.9 Å². The first-order chi connectivity index (χ1) is 15.7. The average Bonchev–Trinajstić information content (AvgIpc) is 2.79. The van der Waals surface area contributed by atoms with Crippen LogP contribution in [0.3, 0.4) is 0 Å². The van der Waals surface area contributed by atoms with Crippen LogP contribution in [0.5, 0.6) is 0 Å². The topological polar surface area (TPSA) is 51.4 Å². The van der Waals surface area contributed by atoms with Gasteiger partial charge in [0.2, 0.25) is 0 Å². The van der Waals surface area contributed by atoms with E-state index in [0.717, 1.165) is 37.7 Å². The van der Waals surface area contributed by atoms with Crippen LogP contribution in [0.1, 0.15) is 35.3 Å². The Hall–Kier alpha value is -2.13. The number of hydrogen-bond acceptors (Lipinski definition) is 4. The molecule has 8 heteroatoms. The molecule has 0 spiro atoms. The van der Waals surface area contributed by atoms with E-state index in [1.807, 2.05) is 73.3 Å². The van der Waals surface area contributed by atoms with Crippen LogP contribution >= 0.6 is 15.9 Å². The molecule has 0 saturated carbocycles. The van der Waals surface area contributed by atoms with Gasteiger partial charge in [0.25, 0.3) is 15.7 Å². The minimum Gasteiger partial charge on any atom is -0.405 e. The number of nitrogens with two attached hydrogens (primary N) is 1. The van der Waals surface area contributed by atoms with Crippen molar-refractivity contribution in [3.05, 3.63) is 87.7 Å². The molecule has 2 aromatic carbocycles. The molecule has 2 atom stereocenters. The maximum absolute atomic E-state index is 15.1. The normalized spacial score (nSPS) is 18.8. The number of pyridine rings is 1. The number of hydrogen-bond donors (Lipinski definition) is 1. The molecule has 2 radical (unpaired) electrons. The third kappa shape index (κ3) is 5.51. The van der Waals surface area contributed by atoms with Gasteiger partial charge in [0.15, 0.2) is 0 Å². The Morgan fingerprint density at radius 1 is 1.18 bits per heavy atom. The highest BCUT2D eigenvalue weighted by Gasteiger charge is 2.41. The number of rotatable bonds is 7. The molecular weight excluding hydrogens is 504 g/mol. The molecule has 1 aliphatic rings. The zero-order valence-corrected chi connectivity index (χ0v) is 21.1. The molecule has 33 heavy (non-hydrogen) atoms. The van der Waals surface area contributed by atoms with Gasteiger partial charge in [-0.2, -0.15) is 0 Å². The van der Waals surface area contributed by atoms with Crippen molar-refractivity contribution in [2.24, 2.45) is 0 Å². The summed E-state index contributed by atoms with van der Waals surface area (Å²) in [4.78, 5) is 6.43. The van der Waals surface area contributed by atoms with Crippen molar-refractivity contribution < 1.29 is 13.2 Å². The second kappa shape index (κ2) is 10.0. The van der Waals surface area contributed by atoms with E-state index in [2.05, 4.69) is 20.9 Å². The predicted octanol–water partition coefficient (Wildman–Crippen LogP) is 4.67. The van der Waals surface area contributed by atoms with E-state index in [0.29, 0.717) is 6.42 Å². The van der Waals surface area contributed by atoms with Crippen LogP contribution in [-0.2, 0) is 10.8 Å². The van der Waals surface area contributed by atoms with E-state index in [9.17, 15) is 0 Å². The van der Waals surface area contributed by atoms with Crippen molar-refractivity contribution in [1.82, 2.24) is 9.88 Å². The van der Waals surface area contributed by atoms with E-state index in [1.54, 1.807) is 6.20 Å². The molecule has 1 aliphatic heterocycles. The molecule has 0 saturated heterocycles. The quantitative estimate of drug-likeness (QED) is 0.357. The van der Waals surface area contributed by atoms with Crippen LogP contribution in [0.2, 0.25) is 0 Å². The lowest BCUT2D eigenvalue weighted by molar-refractivity contribution is -0.0794. The molecule has 3 aromatic rings. The Bertz CT molecular complexity index is 1100. The molecule has 0 bridgehead atoms. The van der Waals surface area contributed by atoms with E-state index in [4.69, 9.17) is 10.2 Å². The number of benzene rings is 2. The summed E-state index contributed by atoms with van der Waals surface area (Å²) in [6.07, 6.45) is 2.36. The minimum absolute atomic E-state index is 0.113. The summed E-state index contributed by atoms with van der Waals surface area (Å²) in [7, 11) is -0.113. The molecule has 172 valence electrons. The molecule has 0 fully saturated rings. The summed E-state index contributed by atoms with van der Waals surface area (Å²) >= 11 is 3.42. The number of nitrogens with zero attached hydrogens (tertiary/aromatic N) is 2. The number of alkyl halides is 2. The Kier molecular flexibility index (Phi) is 7.28. The molecule has 2 heterocycles. The van der Waals surface area contributed by atoms with Gasteiger partial charge in [0.1, 0.15) is 0 Å². The standard InChI is InChI=1S/C25H26BrF2N3OSi/c1-16-12-21-17(2)22(29)10-9-20(21)24(23-11-8-18(26)13-30-23)31(16)14-25(27,28)15-32-33-19-6-4-3-5-7-19/h3-11,13,16,24H,12,14-15,29H2,1-2H3/t16-,24+/m1/s1. The molecule has 2 N–H and O–H groups in total. The average molecular weight is 530 g/mol. The van der Waals surface area contributed by atoms with Gasteiger partial charge in [0.05, 0.1) is 24.9 Å². The van der Waals surface area contributed by atoms with Gasteiger partial charge in [-0.05, 0) is 76.3 Å². The fraction of sp³-hybridized carbons (Fsp3) is 0.320. The molecular formula is C25H26BrF2N3OSi. The molecule has 1 aromatic heterocycles. The summed E-state index contributed by atoms with van der Waals surface area (Å²) in [6, 6.07) is 16.5. The second-order valence-electron chi connectivity index (χ2n) is 8.49. The summed E-state index contributed by atoms with van der Waals surface area (Å²) in [6.45, 7) is 2.94. The first-order valence-electron chi connectivity index (χ1n) is 10.8. The maximum Gasteiger partial charge on any atom is 0.282 e. The largest absolute Gasteiger partial charge is 0.405 e. The van der Waals surface area contributed by atoms with E-state index >= 15 is 8.78 Å². The predicted molar refractivity (Wildman–Crippen MR) is 132 cm³/mol. The molecule has 0 aliphatic carbocycles. The van der Waals surface area contributed by atoms with Crippen LogP contribution in [0.15, 0.2) is 65.3 Å². The first-order valence-corrected chi connectivity index (χ1v) is 12.5.